The summed E-state index contributed by atoms with van der Waals surface area (Å²) in [6, 6.07) is 3.53. The van der Waals surface area contributed by atoms with Crippen LogP contribution in [0.25, 0.3) is 6.08 Å². The van der Waals surface area contributed by atoms with Crippen molar-refractivity contribution in [3.63, 3.8) is 0 Å². The van der Waals surface area contributed by atoms with Crippen molar-refractivity contribution in [2.45, 2.75) is 0 Å². The van der Waals surface area contributed by atoms with E-state index in [4.69, 9.17) is 0 Å². The zero-order valence-corrected chi connectivity index (χ0v) is 7.37. The Morgan fingerprint density at radius 2 is 2.33 bits per heavy atom. The van der Waals surface area contributed by atoms with Crippen LogP contribution >= 0.6 is 12.6 Å². The normalized spacial score (nSPS) is 10.4. The molecule has 0 aliphatic carbocycles. The number of pyridine rings is 1. The largest absolute Gasteiger partial charge is 0.296 e. The standard InChI is InChI=1S/C9H9NOS/c11-7-9-4-3-8(6-10-9)2-1-5-12/h1-4,6-7,12H,5H2. The van der Waals surface area contributed by atoms with Crippen molar-refractivity contribution in [2.75, 3.05) is 5.75 Å². The van der Waals surface area contributed by atoms with Gasteiger partial charge in [0.05, 0.1) is 0 Å². The summed E-state index contributed by atoms with van der Waals surface area (Å²) in [5.41, 5.74) is 1.44. The molecule has 3 heteroatoms. The molecule has 1 rings (SSSR count). The Bertz CT molecular complexity index is 279. The Labute approximate surface area is 76.7 Å². The number of rotatable bonds is 3. The lowest BCUT2D eigenvalue weighted by Gasteiger charge is -1.91. The van der Waals surface area contributed by atoms with Gasteiger partial charge in [-0.05, 0) is 11.6 Å². The van der Waals surface area contributed by atoms with Crippen LogP contribution in [0.3, 0.4) is 0 Å². The van der Waals surface area contributed by atoms with Gasteiger partial charge in [-0.2, -0.15) is 12.6 Å². The summed E-state index contributed by atoms with van der Waals surface area (Å²) in [6.07, 6.45) is 6.21. The summed E-state index contributed by atoms with van der Waals surface area (Å²) in [4.78, 5) is 14.1. The highest BCUT2D eigenvalue weighted by atomic mass is 32.1. The number of aromatic nitrogens is 1. The Morgan fingerprint density at radius 3 is 2.83 bits per heavy atom. The second kappa shape index (κ2) is 4.72. The van der Waals surface area contributed by atoms with Gasteiger partial charge >= 0.3 is 0 Å². The lowest BCUT2D eigenvalue weighted by atomic mass is 10.2. The highest BCUT2D eigenvalue weighted by Crippen LogP contribution is 2.01. The third-order valence-corrected chi connectivity index (χ3v) is 1.56. The Kier molecular flexibility index (Phi) is 3.54. The summed E-state index contributed by atoms with van der Waals surface area (Å²) in [7, 11) is 0. The van der Waals surface area contributed by atoms with E-state index in [1.165, 1.54) is 0 Å². The zero-order chi connectivity index (χ0) is 8.81. The summed E-state index contributed by atoms with van der Waals surface area (Å²) in [6.45, 7) is 0. The summed E-state index contributed by atoms with van der Waals surface area (Å²) in [5.74, 6) is 0.704. The van der Waals surface area contributed by atoms with Gasteiger partial charge in [-0.1, -0.05) is 18.2 Å². The first kappa shape index (κ1) is 9.00. The van der Waals surface area contributed by atoms with Crippen LogP contribution in [0.2, 0.25) is 0 Å². The van der Waals surface area contributed by atoms with Gasteiger partial charge in [0.2, 0.25) is 0 Å². The van der Waals surface area contributed by atoms with Crippen molar-refractivity contribution in [2.24, 2.45) is 0 Å². The van der Waals surface area contributed by atoms with Crippen molar-refractivity contribution < 1.29 is 4.79 Å². The number of thiol groups is 1. The van der Waals surface area contributed by atoms with E-state index in [9.17, 15) is 4.79 Å². The molecule has 1 aromatic heterocycles. The predicted molar refractivity (Wildman–Crippen MR) is 52.5 cm³/mol. The third-order valence-electron chi connectivity index (χ3n) is 1.35. The van der Waals surface area contributed by atoms with Gasteiger partial charge in [-0.3, -0.25) is 9.78 Å². The van der Waals surface area contributed by atoms with Crippen molar-refractivity contribution in [3.8, 4) is 0 Å². The Morgan fingerprint density at radius 1 is 1.50 bits per heavy atom. The quantitative estimate of drug-likeness (QED) is 0.566. The Balaban J connectivity index is 2.77. The maximum atomic E-state index is 10.2. The minimum atomic E-state index is 0.457. The summed E-state index contributed by atoms with van der Waals surface area (Å²) in [5, 5.41) is 0. The predicted octanol–water partition coefficient (Wildman–Crippen LogP) is 1.84. The van der Waals surface area contributed by atoms with Gasteiger partial charge in [0, 0.05) is 11.9 Å². The van der Waals surface area contributed by atoms with Crippen LogP contribution in [-0.2, 0) is 0 Å². The van der Waals surface area contributed by atoms with E-state index >= 15 is 0 Å². The van der Waals surface area contributed by atoms with Gasteiger partial charge in [-0.25, -0.2) is 0 Å². The first-order valence-corrected chi connectivity index (χ1v) is 4.18. The van der Waals surface area contributed by atoms with Crippen LogP contribution in [-0.4, -0.2) is 17.0 Å². The number of aldehydes is 1. The van der Waals surface area contributed by atoms with Crippen LogP contribution in [0.15, 0.2) is 24.4 Å². The first-order valence-electron chi connectivity index (χ1n) is 3.55. The fraction of sp³-hybridized carbons (Fsp3) is 0.111. The molecule has 2 nitrogen and oxygen atoms in total. The van der Waals surface area contributed by atoms with E-state index in [-0.39, 0.29) is 0 Å². The molecule has 0 saturated carbocycles. The highest BCUT2D eigenvalue weighted by molar-refractivity contribution is 7.80. The van der Waals surface area contributed by atoms with Gasteiger partial charge in [-0.15, -0.1) is 0 Å². The zero-order valence-electron chi connectivity index (χ0n) is 6.47. The molecule has 0 amide bonds. The van der Waals surface area contributed by atoms with E-state index in [0.29, 0.717) is 11.4 Å². The molecule has 0 saturated heterocycles. The van der Waals surface area contributed by atoms with E-state index in [1.54, 1.807) is 12.3 Å². The molecule has 0 aromatic carbocycles. The number of carbonyl (C=O) groups excluding carboxylic acids is 1. The lowest BCUT2D eigenvalue weighted by Crippen LogP contribution is -1.85. The topological polar surface area (TPSA) is 30.0 Å². The molecular weight excluding hydrogens is 170 g/mol. The van der Waals surface area contributed by atoms with E-state index < -0.39 is 0 Å². The van der Waals surface area contributed by atoms with Crippen molar-refractivity contribution in [1.82, 2.24) is 4.98 Å². The number of nitrogens with zero attached hydrogens (tertiary/aromatic N) is 1. The third kappa shape index (κ3) is 2.51. The van der Waals surface area contributed by atoms with Gasteiger partial charge in [0.1, 0.15) is 5.69 Å². The van der Waals surface area contributed by atoms with Gasteiger partial charge < -0.3 is 0 Å². The Hall–Kier alpha value is -1.09. The monoisotopic (exact) mass is 179 g/mol. The average Bonchev–Trinajstić information content (AvgIpc) is 2.15. The first-order chi connectivity index (χ1) is 5.86. The van der Waals surface area contributed by atoms with Crippen molar-refractivity contribution >= 4 is 25.0 Å². The van der Waals surface area contributed by atoms with E-state index in [1.807, 2.05) is 18.2 Å². The van der Waals surface area contributed by atoms with Crippen LogP contribution in [0.1, 0.15) is 16.1 Å². The van der Waals surface area contributed by atoms with E-state index in [0.717, 1.165) is 11.8 Å². The molecule has 1 aromatic rings. The van der Waals surface area contributed by atoms with Crippen LogP contribution < -0.4 is 0 Å². The molecule has 0 aliphatic rings. The van der Waals surface area contributed by atoms with Crippen LogP contribution in [0.4, 0.5) is 0 Å². The fourth-order valence-electron chi connectivity index (χ4n) is 0.774. The fourth-order valence-corrected chi connectivity index (χ4v) is 0.879. The van der Waals surface area contributed by atoms with Crippen LogP contribution in [0, 0.1) is 0 Å². The van der Waals surface area contributed by atoms with E-state index in [2.05, 4.69) is 17.6 Å². The van der Waals surface area contributed by atoms with Crippen LogP contribution in [0.5, 0.6) is 0 Å². The summed E-state index contributed by atoms with van der Waals surface area (Å²) >= 11 is 4.03. The van der Waals surface area contributed by atoms with Gasteiger partial charge in [0.15, 0.2) is 6.29 Å². The maximum Gasteiger partial charge on any atom is 0.168 e. The molecule has 0 aliphatic heterocycles. The highest BCUT2D eigenvalue weighted by Gasteiger charge is 1.89. The molecule has 0 radical (unpaired) electrons. The minimum Gasteiger partial charge on any atom is -0.296 e. The van der Waals surface area contributed by atoms with Gasteiger partial charge in [0.25, 0.3) is 0 Å². The second-order valence-electron chi connectivity index (χ2n) is 2.22. The second-order valence-corrected chi connectivity index (χ2v) is 2.58. The number of hydrogen-bond acceptors (Lipinski definition) is 3. The van der Waals surface area contributed by atoms with Crippen molar-refractivity contribution in [3.05, 3.63) is 35.7 Å². The SMILES string of the molecule is O=Cc1ccc(C=CCS)cn1. The summed E-state index contributed by atoms with van der Waals surface area (Å²) < 4.78 is 0. The molecular formula is C9H9NOS. The molecule has 0 spiro atoms. The molecule has 0 N–H and O–H groups in total. The van der Waals surface area contributed by atoms with Crippen molar-refractivity contribution in [1.29, 1.82) is 0 Å². The number of hydrogen-bond donors (Lipinski definition) is 1. The molecule has 0 bridgehead atoms. The molecule has 0 fully saturated rings. The number of carbonyl (C=O) groups is 1. The molecule has 0 unspecified atom stereocenters. The molecule has 62 valence electrons. The molecule has 0 atom stereocenters. The smallest absolute Gasteiger partial charge is 0.168 e. The maximum absolute atomic E-state index is 10.2. The molecule has 1 heterocycles. The average molecular weight is 179 g/mol. The molecule has 12 heavy (non-hydrogen) atoms. The lowest BCUT2D eigenvalue weighted by molar-refractivity contribution is 0.111. The minimum absolute atomic E-state index is 0.457.